The van der Waals surface area contributed by atoms with E-state index < -0.39 is 0 Å². The highest BCUT2D eigenvalue weighted by molar-refractivity contribution is 8.13. The highest BCUT2D eigenvalue weighted by Gasteiger charge is 2.31. The summed E-state index contributed by atoms with van der Waals surface area (Å²) in [4.78, 5) is 19.8. The molecule has 0 atom stereocenters. The SMILES string of the molecule is CSC1=N/C(=C\c2cccs2)C(=O)N1c1ccc(C)c(Cl)c1. The third-order valence-corrected chi connectivity index (χ3v) is 5.11. The topological polar surface area (TPSA) is 32.7 Å². The van der Waals surface area contributed by atoms with E-state index in [0.717, 1.165) is 16.1 Å². The zero-order chi connectivity index (χ0) is 15.7. The predicted octanol–water partition coefficient (Wildman–Crippen LogP) is 4.82. The lowest BCUT2D eigenvalue weighted by Crippen LogP contribution is -2.30. The summed E-state index contributed by atoms with van der Waals surface area (Å²) in [7, 11) is 0. The lowest BCUT2D eigenvalue weighted by molar-refractivity contribution is -0.113. The van der Waals surface area contributed by atoms with Gasteiger partial charge in [-0.15, -0.1) is 11.3 Å². The minimum atomic E-state index is -0.127. The molecule has 3 rings (SSSR count). The molecular formula is C16H13ClN2OS2. The second-order valence-corrected chi connectivity index (χ2v) is 6.88. The van der Waals surface area contributed by atoms with Gasteiger partial charge in [0.15, 0.2) is 5.17 Å². The molecule has 2 heterocycles. The van der Waals surface area contributed by atoms with Crippen LogP contribution in [0.1, 0.15) is 10.4 Å². The number of hydrogen-bond acceptors (Lipinski definition) is 4. The summed E-state index contributed by atoms with van der Waals surface area (Å²) >= 11 is 9.20. The van der Waals surface area contributed by atoms with Crippen LogP contribution in [0.4, 0.5) is 5.69 Å². The molecule has 1 aliphatic heterocycles. The van der Waals surface area contributed by atoms with Crippen molar-refractivity contribution in [2.45, 2.75) is 6.92 Å². The molecule has 1 aromatic carbocycles. The molecular weight excluding hydrogens is 336 g/mol. The molecule has 1 aliphatic rings. The van der Waals surface area contributed by atoms with Crippen molar-refractivity contribution in [2.75, 3.05) is 11.2 Å². The Morgan fingerprint density at radius 3 is 2.82 bits per heavy atom. The number of thioether (sulfide) groups is 1. The van der Waals surface area contributed by atoms with Crippen molar-refractivity contribution in [1.29, 1.82) is 0 Å². The number of rotatable bonds is 2. The number of carbonyl (C=O) groups excluding carboxylic acids is 1. The Morgan fingerprint density at radius 2 is 2.18 bits per heavy atom. The molecule has 0 saturated heterocycles. The zero-order valence-electron chi connectivity index (χ0n) is 12.0. The lowest BCUT2D eigenvalue weighted by atomic mass is 10.2. The molecule has 0 spiro atoms. The van der Waals surface area contributed by atoms with Crippen LogP contribution in [0.2, 0.25) is 5.02 Å². The average molecular weight is 349 g/mol. The van der Waals surface area contributed by atoms with Crippen molar-refractivity contribution in [1.82, 2.24) is 0 Å². The molecule has 1 amide bonds. The van der Waals surface area contributed by atoms with Gasteiger partial charge in [0.2, 0.25) is 0 Å². The van der Waals surface area contributed by atoms with Crippen LogP contribution in [-0.4, -0.2) is 17.3 Å². The normalized spacial score (nSPS) is 16.5. The summed E-state index contributed by atoms with van der Waals surface area (Å²) in [5.41, 5.74) is 2.17. The largest absolute Gasteiger partial charge is 0.283 e. The maximum Gasteiger partial charge on any atom is 0.283 e. The summed E-state index contributed by atoms with van der Waals surface area (Å²) in [6.45, 7) is 1.93. The predicted molar refractivity (Wildman–Crippen MR) is 96.9 cm³/mol. The summed E-state index contributed by atoms with van der Waals surface area (Å²) < 4.78 is 0. The zero-order valence-corrected chi connectivity index (χ0v) is 14.4. The number of anilines is 1. The fourth-order valence-electron chi connectivity index (χ4n) is 2.09. The summed E-state index contributed by atoms with van der Waals surface area (Å²) in [6.07, 6.45) is 3.72. The summed E-state index contributed by atoms with van der Waals surface area (Å²) in [6, 6.07) is 9.51. The number of hydrogen-bond donors (Lipinski definition) is 0. The molecule has 3 nitrogen and oxygen atoms in total. The molecule has 0 unspecified atom stereocenters. The van der Waals surface area contributed by atoms with Gasteiger partial charge in [0.1, 0.15) is 5.70 Å². The van der Waals surface area contributed by atoms with Crippen LogP contribution in [0.5, 0.6) is 0 Å². The number of thiophene rings is 1. The number of nitrogens with zero attached hydrogens (tertiary/aromatic N) is 2. The van der Waals surface area contributed by atoms with E-state index in [1.54, 1.807) is 22.3 Å². The monoisotopic (exact) mass is 348 g/mol. The maximum atomic E-state index is 12.7. The van der Waals surface area contributed by atoms with E-state index in [0.29, 0.717) is 15.9 Å². The van der Waals surface area contributed by atoms with Gasteiger partial charge in [0.25, 0.3) is 5.91 Å². The Kier molecular flexibility index (Phi) is 4.38. The van der Waals surface area contributed by atoms with Gasteiger partial charge in [0, 0.05) is 9.90 Å². The van der Waals surface area contributed by atoms with Crippen LogP contribution in [-0.2, 0) is 4.79 Å². The summed E-state index contributed by atoms with van der Waals surface area (Å²) in [5, 5.41) is 3.27. The maximum absolute atomic E-state index is 12.7. The van der Waals surface area contributed by atoms with E-state index in [1.165, 1.54) is 11.8 Å². The third-order valence-electron chi connectivity index (χ3n) is 3.25. The lowest BCUT2D eigenvalue weighted by Gasteiger charge is -2.17. The van der Waals surface area contributed by atoms with E-state index in [2.05, 4.69) is 4.99 Å². The Labute approximate surface area is 142 Å². The van der Waals surface area contributed by atoms with Crippen molar-refractivity contribution in [3.05, 3.63) is 56.9 Å². The van der Waals surface area contributed by atoms with Gasteiger partial charge in [-0.25, -0.2) is 4.99 Å². The van der Waals surface area contributed by atoms with E-state index in [-0.39, 0.29) is 5.91 Å². The van der Waals surface area contributed by atoms with Gasteiger partial charge in [-0.1, -0.05) is 35.5 Å². The smallest absolute Gasteiger partial charge is 0.266 e. The van der Waals surface area contributed by atoms with Gasteiger partial charge >= 0.3 is 0 Å². The molecule has 6 heteroatoms. The first-order valence-electron chi connectivity index (χ1n) is 6.58. The van der Waals surface area contributed by atoms with Crippen LogP contribution >= 0.6 is 34.7 Å². The molecule has 22 heavy (non-hydrogen) atoms. The van der Waals surface area contributed by atoms with Gasteiger partial charge in [-0.3, -0.25) is 9.69 Å². The van der Waals surface area contributed by atoms with Crippen LogP contribution in [0.25, 0.3) is 6.08 Å². The van der Waals surface area contributed by atoms with E-state index in [4.69, 9.17) is 11.6 Å². The Hall–Kier alpha value is -1.56. The minimum absolute atomic E-state index is 0.127. The fraction of sp³-hybridized carbons (Fsp3) is 0.125. The van der Waals surface area contributed by atoms with Crippen molar-refractivity contribution in [3.8, 4) is 0 Å². The van der Waals surface area contributed by atoms with Crippen LogP contribution in [0, 0.1) is 6.92 Å². The Morgan fingerprint density at radius 1 is 1.36 bits per heavy atom. The number of aliphatic imine (C=N–C) groups is 1. The van der Waals surface area contributed by atoms with Crippen molar-refractivity contribution < 1.29 is 4.79 Å². The number of carbonyl (C=O) groups is 1. The van der Waals surface area contributed by atoms with Gasteiger partial charge < -0.3 is 0 Å². The first-order valence-corrected chi connectivity index (χ1v) is 9.07. The number of amidine groups is 1. The molecule has 0 aliphatic carbocycles. The highest BCUT2D eigenvalue weighted by atomic mass is 35.5. The second-order valence-electron chi connectivity index (χ2n) is 4.72. The van der Waals surface area contributed by atoms with E-state index >= 15 is 0 Å². The molecule has 0 N–H and O–H groups in total. The van der Waals surface area contributed by atoms with Crippen LogP contribution < -0.4 is 4.90 Å². The van der Waals surface area contributed by atoms with Crippen molar-refractivity contribution in [3.63, 3.8) is 0 Å². The highest BCUT2D eigenvalue weighted by Crippen LogP contribution is 2.31. The van der Waals surface area contributed by atoms with Gasteiger partial charge in [-0.05, 0) is 48.4 Å². The quantitative estimate of drug-likeness (QED) is 0.729. The molecule has 112 valence electrons. The van der Waals surface area contributed by atoms with Gasteiger partial charge in [-0.2, -0.15) is 0 Å². The molecule has 0 radical (unpaired) electrons. The fourth-order valence-corrected chi connectivity index (χ4v) is 3.48. The minimum Gasteiger partial charge on any atom is -0.266 e. The molecule has 0 bridgehead atoms. The number of amides is 1. The Bertz CT molecular complexity index is 781. The van der Waals surface area contributed by atoms with Crippen molar-refractivity contribution in [2.24, 2.45) is 4.99 Å². The number of benzene rings is 1. The van der Waals surface area contributed by atoms with Gasteiger partial charge in [0.05, 0.1) is 5.69 Å². The van der Waals surface area contributed by atoms with E-state index in [1.807, 2.05) is 48.9 Å². The third kappa shape index (κ3) is 2.84. The molecule has 1 aromatic heterocycles. The van der Waals surface area contributed by atoms with Crippen LogP contribution in [0.3, 0.4) is 0 Å². The summed E-state index contributed by atoms with van der Waals surface area (Å²) in [5.74, 6) is -0.127. The number of halogens is 1. The molecule has 0 saturated carbocycles. The average Bonchev–Trinajstić information content (AvgIpc) is 3.11. The standard InChI is InChI=1S/C16H13ClN2OS2/c1-10-5-6-11(8-13(10)17)19-15(20)14(18-16(19)21-2)9-12-4-3-7-22-12/h3-9H,1-2H3/b14-9-. The van der Waals surface area contributed by atoms with Crippen molar-refractivity contribution >= 4 is 57.5 Å². The Balaban J connectivity index is 2.00. The first kappa shape index (κ1) is 15.3. The van der Waals surface area contributed by atoms with Crippen LogP contribution in [0.15, 0.2) is 46.4 Å². The first-order chi connectivity index (χ1) is 10.6. The molecule has 0 fully saturated rings. The second kappa shape index (κ2) is 6.28. The van der Waals surface area contributed by atoms with E-state index in [9.17, 15) is 4.79 Å². The molecule has 2 aromatic rings. The number of aryl methyl sites for hydroxylation is 1.